The van der Waals surface area contributed by atoms with Crippen LogP contribution in [-0.4, -0.2) is 57.2 Å². The molecule has 1 saturated heterocycles. The van der Waals surface area contributed by atoms with Gasteiger partial charge in [0.2, 0.25) is 0 Å². The summed E-state index contributed by atoms with van der Waals surface area (Å²) in [6.07, 6.45) is 2.21. The van der Waals surface area contributed by atoms with Gasteiger partial charge in [-0.1, -0.05) is 12.1 Å². The van der Waals surface area contributed by atoms with Crippen molar-refractivity contribution in [3.8, 4) is 5.75 Å². The molecule has 3 unspecified atom stereocenters. The first-order valence-corrected chi connectivity index (χ1v) is 8.93. The number of likely N-dealkylation sites (N-methyl/N-ethyl adjacent to an activating group) is 1. The third-order valence-electron chi connectivity index (χ3n) is 7.33. The van der Waals surface area contributed by atoms with E-state index in [1.807, 2.05) is 13.0 Å². The van der Waals surface area contributed by atoms with Gasteiger partial charge in [0, 0.05) is 17.2 Å². The van der Waals surface area contributed by atoms with Crippen molar-refractivity contribution in [3.63, 3.8) is 0 Å². The second kappa shape index (κ2) is 4.33. The van der Waals surface area contributed by atoms with Gasteiger partial charge in [0.1, 0.15) is 11.9 Å². The van der Waals surface area contributed by atoms with Gasteiger partial charge in [-0.2, -0.15) is 0 Å². The van der Waals surface area contributed by atoms with E-state index in [1.165, 1.54) is 5.56 Å². The van der Waals surface area contributed by atoms with Gasteiger partial charge in [0.25, 0.3) is 0 Å². The number of nitrogens with zero attached hydrogens (tertiary/aromatic N) is 1. The number of ether oxygens (including phenoxy) is 1. The van der Waals surface area contributed by atoms with Crippen LogP contribution >= 0.6 is 0 Å². The van der Waals surface area contributed by atoms with Crippen LogP contribution in [0.5, 0.6) is 5.75 Å². The number of hydrogen-bond donors (Lipinski definition) is 3. The minimum Gasteiger partial charge on any atom is -0.486 e. The fourth-order valence-corrected chi connectivity index (χ4v) is 6.18. The van der Waals surface area contributed by atoms with Crippen molar-refractivity contribution < 1.29 is 20.1 Å². The number of aliphatic hydroxyl groups excluding tert-OH is 1. The molecular formula is C19H25NO4. The molecule has 5 atom stereocenters. The molecule has 1 spiro atoms. The van der Waals surface area contributed by atoms with Gasteiger partial charge in [-0.15, -0.1) is 0 Å². The average molecular weight is 331 g/mol. The first-order valence-electron chi connectivity index (χ1n) is 8.93. The lowest BCUT2D eigenvalue weighted by Crippen LogP contribution is -2.78. The quantitative estimate of drug-likeness (QED) is 0.707. The summed E-state index contributed by atoms with van der Waals surface area (Å²) in [6.45, 7) is 2.62. The van der Waals surface area contributed by atoms with Gasteiger partial charge < -0.3 is 25.0 Å². The zero-order valence-corrected chi connectivity index (χ0v) is 14.2. The Hall–Kier alpha value is -1.14. The molecule has 0 aromatic heterocycles. The van der Waals surface area contributed by atoms with Gasteiger partial charge in [-0.25, -0.2) is 0 Å². The molecule has 24 heavy (non-hydrogen) atoms. The number of likely N-dealkylation sites (tertiary alicyclic amines) is 1. The predicted molar refractivity (Wildman–Crippen MR) is 88.0 cm³/mol. The first-order chi connectivity index (χ1) is 11.3. The highest BCUT2D eigenvalue weighted by molar-refractivity contribution is 5.60. The minimum atomic E-state index is -0.979. The van der Waals surface area contributed by atoms with E-state index in [1.54, 1.807) is 0 Å². The summed E-state index contributed by atoms with van der Waals surface area (Å²) in [5, 5.41) is 32.7. The van der Waals surface area contributed by atoms with Crippen molar-refractivity contribution in [1.82, 2.24) is 4.90 Å². The van der Waals surface area contributed by atoms with Crippen LogP contribution < -0.4 is 4.74 Å². The Labute approximate surface area is 141 Å². The molecule has 130 valence electrons. The molecule has 2 aliphatic heterocycles. The van der Waals surface area contributed by atoms with Crippen molar-refractivity contribution in [2.45, 2.75) is 68.0 Å². The molecule has 5 nitrogen and oxygen atoms in total. The Bertz CT molecular complexity index is 732. The van der Waals surface area contributed by atoms with Gasteiger partial charge in [0.05, 0.1) is 23.2 Å². The van der Waals surface area contributed by atoms with E-state index in [9.17, 15) is 15.3 Å². The van der Waals surface area contributed by atoms with E-state index < -0.39 is 22.7 Å². The predicted octanol–water partition coefficient (Wildman–Crippen LogP) is 0.714. The Morgan fingerprint density at radius 3 is 2.79 bits per heavy atom. The van der Waals surface area contributed by atoms with Crippen molar-refractivity contribution in [3.05, 3.63) is 28.8 Å². The van der Waals surface area contributed by atoms with Crippen LogP contribution in [0.4, 0.5) is 0 Å². The first kappa shape index (κ1) is 15.1. The monoisotopic (exact) mass is 331 g/mol. The van der Waals surface area contributed by atoms with Crippen LogP contribution in [-0.2, 0) is 18.4 Å². The smallest absolute Gasteiger partial charge is 0.140 e. The van der Waals surface area contributed by atoms with E-state index in [4.69, 9.17) is 4.74 Å². The Morgan fingerprint density at radius 1 is 1.25 bits per heavy atom. The Balaban J connectivity index is 1.85. The third-order valence-corrected chi connectivity index (χ3v) is 7.33. The molecule has 2 fully saturated rings. The van der Waals surface area contributed by atoms with Crippen molar-refractivity contribution in [1.29, 1.82) is 0 Å². The standard InChI is InChI=1S/C19H25NO4/c1-17(22)5-6-19(23)13-9-11-3-4-12(10-21)15-14(11)18(19,16(17)24-15)7-8-20(13)2/h3-4,13,16,21-23H,5-10H2,1-2H3/t13?,16-,17?,18?,19+/m0/s1. The van der Waals surface area contributed by atoms with Crippen LogP contribution in [0.2, 0.25) is 0 Å². The second-order valence-electron chi connectivity index (χ2n) is 8.45. The maximum absolute atomic E-state index is 11.9. The van der Waals surface area contributed by atoms with Crippen molar-refractivity contribution >= 4 is 0 Å². The van der Waals surface area contributed by atoms with Gasteiger partial charge in [-0.05, 0) is 51.8 Å². The van der Waals surface area contributed by atoms with Crippen molar-refractivity contribution in [2.75, 3.05) is 13.6 Å². The second-order valence-corrected chi connectivity index (χ2v) is 8.45. The molecule has 5 heteroatoms. The summed E-state index contributed by atoms with van der Waals surface area (Å²) in [5.74, 6) is 0.712. The molecule has 1 aromatic rings. The van der Waals surface area contributed by atoms with Crippen molar-refractivity contribution in [2.24, 2.45) is 0 Å². The highest BCUT2D eigenvalue weighted by Crippen LogP contribution is 2.65. The van der Waals surface area contributed by atoms with E-state index in [-0.39, 0.29) is 12.6 Å². The maximum Gasteiger partial charge on any atom is 0.140 e. The zero-order chi connectivity index (χ0) is 16.9. The SMILES string of the molecule is CN1CCC23c4c5ccc(CO)c4O[C@H]2C(C)(O)CC[C@@]3(O)C1C5. The van der Waals surface area contributed by atoms with E-state index >= 15 is 0 Å². The Morgan fingerprint density at radius 2 is 2.04 bits per heavy atom. The summed E-state index contributed by atoms with van der Waals surface area (Å²) < 4.78 is 6.33. The van der Waals surface area contributed by atoms with E-state index in [0.717, 1.165) is 30.5 Å². The number of rotatable bonds is 1. The molecule has 3 N–H and O–H groups in total. The molecular weight excluding hydrogens is 306 g/mol. The van der Waals surface area contributed by atoms with E-state index in [2.05, 4.69) is 18.0 Å². The lowest BCUT2D eigenvalue weighted by atomic mass is 9.47. The summed E-state index contributed by atoms with van der Waals surface area (Å²) in [4.78, 5) is 2.27. The maximum atomic E-state index is 11.9. The molecule has 2 heterocycles. The molecule has 1 saturated carbocycles. The van der Waals surface area contributed by atoms with Crippen LogP contribution in [0.15, 0.2) is 12.1 Å². The van der Waals surface area contributed by atoms with Gasteiger partial charge >= 0.3 is 0 Å². The van der Waals surface area contributed by atoms with E-state index in [0.29, 0.717) is 18.6 Å². The highest BCUT2D eigenvalue weighted by Gasteiger charge is 2.74. The molecule has 5 rings (SSSR count). The highest BCUT2D eigenvalue weighted by atomic mass is 16.5. The van der Waals surface area contributed by atoms with Gasteiger partial charge in [0.15, 0.2) is 0 Å². The Kier molecular flexibility index (Phi) is 2.73. The average Bonchev–Trinajstić information content (AvgIpc) is 2.91. The number of piperidine rings is 1. The molecule has 4 aliphatic rings. The summed E-state index contributed by atoms with van der Waals surface area (Å²) >= 11 is 0. The summed E-state index contributed by atoms with van der Waals surface area (Å²) in [7, 11) is 2.08. The van der Waals surface area contributed by atoms with Crippen LogP contribution in [0, 0.1) is 0 Å². The topological polar surface area (TPSA) is 73.2 Å². The largest absolute Gasteiger partial charge is 0.486 e. The summed E-state index contributed by atoms with van der Waals surface area (Å²) in [5.41, 5.74) is 0.578. The molecule has 2 bridgehead atoms. The molecule has 2 aliphatic carbocycles. The normalized spacial score (nSPS) is 45.7. The lowest BCUT2D eigenvalue weighted by Gasteiger charge is -2.64. The number of benzene rings is 1. The zero-order valence-electron chi connectivity index (χ0n) is 14.2. The van der Waals surface area contributed by atoms with Crippen LogP contribution in [0.1, 0.15) is 42.9 Å². The minimum absolute atomic E-state index is 0.0480. The summed E-state index contributed by atoms with van der Waals surface area (Å²) in [6, 6.07) is 4.05. The van der Waals surface area contributed by atoms with Crippen LogP contribution in [0.3, 0.4) is 0 Å². The molecule has 0 radical (unpaired) electrons. The number of hydrogen-bond acceptors (Lipinski definition) is 5. The fraction of sp³-hybridized carbons (Fsp3) is 0.684. The van der Waals surface area contributed by atoms with Gasteiger partial charge in [-0.3, -0.25) is 0 Å². The third kappa shape index (κ3) is 1.43. The number of aliphatic hydroxyl groups is 3. The fourth-order valence-electron chi connectivity index (χ4n) is 6.18. The molecule has 1 aromatic carbocycles. The lowest BCUT2D eigenvalue weighted by molar-refractivity contribution is -0.228. The molecule has 0 amide bonds. The van der Waals surface area contributed by atoms with Crippen LogP contribution in [0.25, 0.3) is 0 Å².